The predicted molar refractivity (Wildman–Crippen MR) is 106 cm³/mol. The van der Waals surface area contributed by atoms with Crippen LogP contribution in [0.15, 0.2) is 73.8 Å². The van der Waals surface area contributed by atoms with Gasteiger partial charge in [-0.15, -0.1) is 13.2 Å². The molecule has 1 amide bonds. The number of carbonyl (C=O) groups excluding carboxylic acids is 1. The third-order valence-electron chi connectivity index (χ3n) is 4.04. The molecule has 0 fully saturated rings. The van der Waals surface area contributed by atoms with Gasteiger partial charge in [0.1, 0.15) is 0 Å². The van der Waals surface area contributed by atoms with Gasteiger partial charge in [0.25, 0.3) is 5.91 Å². The first kappa shape index (κ1) is 18.5. The maximum atomic E-state index is 12.7. The van der Waals surface area contributed by atoms with Crippen LogP contribution in [0.5, 0.6) is 0 Å². The van der Waals surface area contributed by atoms with Gasteiger partial charge in [-0.25, -0.2) is 0 Å². The third-order valence-corrected chi connectivity index (χ3v) is 4.04. The Balaban J connectivity index is 2.11. The maximum Gasteiger partial charge on any atom is 0.254 e. The lowest BCUT2D eigenvalue weighted by molar-refractivity contribution is 0.0790. The van der Waals surface area contributed by atoms with Crippen molar-refractivity contribution in [3.05, 3.63) is 90.5 Å². The van der Waals surface area contributed by atoms with E-state index in [4.69, 9.17) is 0 Å². The molecule has 0 spiro atoms. The fraction of sp³-hybridized carbons (Fsp3) is 0.227. The maximum absolute atomic E-state index is 12.7. The number of hydrogen-bond donors (Lipinski definition) is 1. The lowest BCUT2D eigenvalue weighted by Crippen LogP contribution is -2.31. The molecule has 130 valence electrons. The van der Waals surface area contributed by atoms with Crippen LogP contribution in [0.2, 0.25) is 0 Å². The zero-order chi connectivity index (χ0) is 18.1. The van der Waals surface area contributed by atoms with Crippen molar-refractivity contribution < 1.29 is 4.79 Å². The molecule has 25 heavy (non-hydrogen) atoms. The van der Waals surface area contributed by atoms with Crippen LogP contribution < -0.4 is 5.32 Å². The van der Waals surface area contributed by atoms with E-state index in [9.17, 15) is 4.79 Å². The summed E-state index contributed by atoms with van der Waals surface area (Å²) >= 11 is 0. The lowest BCUT2D eigenvalue weighted by atomic mass is 10.1. The zero-order valence-corrected chi connectivity index (χ0v) is 14.9. The van der Waals surface area contributed by atoms with Gasteiger partial charge >= 0.3 is 0 Å². The first-order valence-corrected chi connectivity index (χ1v) is 8.61. The second-order valence-electron chi connectivity index (χ2n) is 5.85. The fourth-order valence-corrected chi connectivity index (χ4v) is 2.75. The zero-order valence-electron chi connectivity index (χ0n) is 14.9. The number of hydrogen-bond acceptors (Lipinski definition) is 2. The van der Waals surface area contributed by atoms with Crippen molar-refractivity contribution in [2.24, 2.45) is 0 Å². The van der Waals surface area contributed by atoms with Gasteiger partial charge in [-0.1, -0.05) is 49.4 Å². The highest BCUT2D eigenvalue weighted by Crippen LogP contribution is 2.17. The van der Waals surface area contributed by atoms with Gasteiger partial charge in [-0.05, 0) is 35.7 Å². The highest BCUT2D eigenvalue weighted by atomic mass is 16.2. The summed E-state index contributed by atoms with van der Waals surface area (Å²) in [6.45, 7) is 11.3. The molecule has 3 nitrogen and oxygen atoms in total. The molecule has 0 aromatic heterocycles. The summed E-state index contributed by atoms with van der Waals surface area (Å²) in [6.07, 6.45) is 4.45. The molecule has 2 aromatic rings. The summed E-state index contributed by atoms with van der Waals surface area (Å²) in [7, 11) is 0. The molecule has 0 saturated carbocycles. The number of aryl methyl sites for hydroxylation is 1. The van der Waals surface area contributed by atoms with Crippen LogP contribution in [-0.2, 0) is 13.0 Å². The van der Waals surface area contributed by atoms with E-state index in [2.05, 4.69) is 43.6 Å². The van der Waals surface area contributed by atoms with Crippen LogP contribution in [-0.4, -0.2) is 23.9 Å². The Morgan fingerprint density at radius 2 is 1.80 bits per heavy atom. The van der Waals surface area contributed by atoms with Crippen molar-refractivity contribution >= 4 is 11.6 Å². The normalized spacial score (nSPS) is 10.1. The number of amides is 1. The highest BCUT2D eigenvalue weighted by Gasteiger charge is 2.13. The lowest BCUT2D eigenvalue weighted by Gasteiger charge is -2.19. The minimum atomic E-state index is -0.00407. The van der Waals surface area contributed by atoms with E-state index in [0.717, 1.165) is 17.7 Å². The number of nitrogens with one attached hydrogen (secondary N) is 1. The molecular weight excluding hydrogens is 308 g/mol. The monoisotopic (exact) mass is 334 g/mol. The Bertz CT molecular complexity index is 726. The number of anilines is 1. The van der Waals surface area contributed by atoms with Gasteiger partial charge in [0.15, 0.2) is 0 Å². The Hall–Kier alpha value is -2.81. The van der Waals surface area contributed by atoms with Gasteiger partial charge < -0.3 is 10.2 Å². The van der Waals surface area contributed by atoms with Crippen molar-refractivity contribution in [1.82, 2.24) is 4.90 Å². The number of para-hydroxylation sites is 1. The van der Waals surface area contributed by atoms with Crippen LogP contribution >= 0.6 is 0 Å². The second-order valence-corrected chi connectivity index (χ2v) is 5.85. The molecule has 1 N–H and O–H groups in total. The second kappa shape index (κ2) is 9.48. The molecule has 0 saturated heterocycles. The molecule has 0 bridgehead atoms. The number of nitrogens with zero attached hydrogens (tertiary/aromatic N) is 1. The van der Waals surface area contributed by atoms with Crippen molar-refractivity contribution in [3.63, 3.8) is 0 Å². The van der Waals surface area contributed by atoms with Crippen LogP contribution in [0.3, 0.4) is 0 Å². The van der Waals surface area contributed by atoms with Gasteiger partial charge in [-0.3, -0.25) is 4.79 Å². The topological polar surface area (TPSA) is 32.3 Å². The minimum Gasteiger partial charge on any atom is -0.381 e. The van der Waals surface area contributed by atoms with Gasteiger partial charge in [0, 0.05) is 30.9 Å². The molecular formula is C22H26N2O. The summed E-state index contributed by atoms with van der Waals surface area (Å²) in [5.41, 5.74) is 4.19. The molecule has 0 aliphatic carbocycles. The first-order valence-electron chi connectivity index (χ1n) is 8.61. The van der Waals surface area contributed by atoms with Crippen molar-refractivity contribution in [2.45, 2.75) is 19.9 Å². The number of carbonyl (C=O) groups is 1. The van der Waals surface area contributed by atoms with E-state index >= 15 is 0 Å². The highest BCUT2D eigenvalue weighted by molar-refractivity contribution is 5.94. The molecule has 2 aromatic carbocycles. The molecule has 0 heterocycles. The average molecular weight is 334 g/mol. The Kier molecular flexibility index (Phi) is 7.02. The van der Waals surface area contributed by atoms with E-state index in [1.165, 1.54) is 5.56 Å². The van der Waals surface area contributed by atoms with Crippen LogP contribution in [0, 0.1) is 0 Å². The summed E-state index contributed by atoms with van der Waals surface area (Å²) in [4.78, 5) is 14.4. The SMILES string of the molecule is C=CCN(CC=C)C(=O)c1cccc(CNc2ccccc2CC)c1. The number of benzene rings is 2. The molecule has 2 rings (SSSR count). The Labute approximate surface area is 150 Å². The molecule has 0 radical (unpaired) electrons. The van der Waals surface area contributed by atoms with E-state index in [0.29, 0.717) is 25.2 Å². The largest absolute Gasteiger partial charge is 0.381 e. The summed E-state index contributed by atoms with van der Waals surface area (Å²) in [5, 5.41) is 3.47. The van der Waals surface area contributed by atoms with E-state index < -0.39 is 0 Å². The standard InChI is InChI=1S/C22H26N2O/c1-4-14-24(15-5-2)22(25)20-12-9-10-18(16-20)17-23-21-13-8-7-11-19(21)6-3/h4-5,7-13,16,23H,1-2,6,14-15,17H2,3H3. The minimum absolute atomic E-state index is 0.00407. The summed E-state index contributed by atoms with van der Waals surface area (Å²) in [6, 6.07) is 16.1. The van der Waals surface area contributed by atoms with E-state index in [1.807, 2.05) is 30.3 Å². The molecule has 0 unspecified atom stereocenters. The van der Waals surface area contributed by atoms with Crippen molar-refractivity contribution in [1.29, 1.82) is 0 Å². The Morgan fingerprint density at radius 3 is 2.48 bits per heavy atom. The van der Waals surface area contributed by atoms with Crippen LogP contribution in [0.4, 0.5) is 5.69 Å². The van der Waals surface area contributed by atoms with Gasteiger partial charge in [-0.2, -0.15) is 0 Å². The van der Waals surface area contributed by atoms with Crippen molar-refractivity contribution in [2.75, 3.05) is 18.4 Å². The quantitative estimate of drug-likeness (QED) is 0.676. The van der Waals surface area contributed by atoms with E-state index in [1.54, 1.807) is 17.1 Å². The molecule has 0 aliphatic rings. The van der Waals surface area contributed by atoms with Crippen LogP contribution in [0.1, 0.15) is 28.4 Å². The third kappa shape index (κ3) is 5.08. The summed E-state index contributed by atoms with van der Waals surface area (Å²) < 4.78 is 0. The van der Waals surface area contributed by atoms with E-state index in [-0.39, 0.29) is 5.91 Å². The number of rotatable bonds is 9. The van der Waals surface area contributed by atoms with Gasteiger partial charge in [0.05, 0.1) is 0 Å². The fourth-order valence-electron chi connectivity index (χ4n) is 2.75. The predicted octanol–water partition coefficient (Wildman–Crippen LogP) is 4.68. The summed E-state index contributed by atoms with van der Waals surface area (Å²) in [5.74, 6) is -0.00407. The van der Waals surface area contributed by atoms with Crippen LogP contribution in [0.25, 0.3) is 0 Å². The molecule has 0 atom stereocenters. The smallest absolute Gasteiger partial charge is 0.254 e. The first-order chi connectivity index (χ1) is 12.2. The molecule has 3 heteroatoms. The average Bonchev–Trinajstić information content (AvgIpc) is 2.66. The van der Waals surface area contributed by atoms with Crippen molar-refractivity contribution in [3.8, 4) is 0 Å². The van der Waals surface area contributed by atoms with Gasteiger partial charge in [0.2, 0.25) is 0 Å². The molecule has 0 aliphatic heterocycles. The Morgan fingerprint density at radius 1 is 1.08 bits per heavy atom.